The van der Waals surface area contributed by atoms with Gasteiger partial charge in [-0.25, -0.2) is 4.98 Å². The highest BCUT2D eigenvalue weighted by molar-refractivity contribution is 7.60. The average molecular weight is 343 g/mol. The van der Waals surface area contributed by atoms with E-state index in [2.05, 4.69) is 4.98 Å². The molecular weight excluding hydrogens is 333 g/mol. The first kappa shape index (κ1) is 15.6. The number of rotatable bonds is 3. The van der Waals surface area contributed by atoms with E-state index in [1.165, 1.54) is 12.1 Å². The van der Waals surface area contributed by atoms with Crippen LogP contribution in [0, 0.1) is 0 Å². The minimum atomic E-state index is -4.91. The fourth-order valence-electron chi connectivity index (χ4n) is 1.59. The first-order valence-electron chi connectivity index (χ1n) is 4.98. The highest BCUT2D eigenvalue weighted by Crippen LogP contribution is 2.51. The van der Waals surface area contributed by atoms with Crippen LogP contribution in [0.3, 0.4) is 0 Å². The molecule has 2 aromatic heterocycles. The molecule has 9 nitrogen and oxygen atoms in total. The summed E-state index contributed by atoms with van der Waals surface area (Å²) >= 11 is 5.78. The monoisotopic (exact) mass is 342 g/mol. The molecular formula is C8H9ClN2O7P2. The molecule has 0 aromatic carbocycles. The number of halogens is 1. The maximum atomic E-state index is 11.1. The fraction of sp³-hybridized carbons (Fsp3) is 0.125. The number of aliphatic hydroxyl groups is 1. The van der Waals surface area contributed by atoms with Crippen LogP contribution in [0.25, 0.3) is 5.65 Å². The second-order valence-corrected chi connectivity index (χ2v) is 7.52. The molecule has 0 bridgehead atoms. The van der Waals surface area contributed by atoms with Crippen LogP contribution in [0.2, 0.25) is 5.02 Å². The first-order valence-corrected chi connectivity index (χ1v) is 8.66. The van der Waals surface area contributed by atoms with Gasteiger partial charge in [-0.2, -0.15) is 0 Å². The third kappa shape index (κ3) is 2.81. The van der Waals surface area contributed by atoms with E-state index in [0.717, 1.165) is 10.6 Å². The second kappa shape index (κ2) is 4.91. The van der Waals surface area contributed by atoms with Gasteiger partial charge in [-0.1, -0.05) is 11.6 Å². The summed E-state index contributed by atoms with van der Waals surface area (Å²) in [7, 11) is -9.56. The van der Waals surface area contributed by atoms with E-state index in [1.54, 1.807) is 0 Å². The molecule has 110 valence electrons. The Morgan fingerprint density at radius 1 is 1.20 bits per heavy atom. The van der Waals surface area contributed by atoms with Gasteiger partial charge >= 0.3 is 15.2 Å². The quantitative estimate of drug-likeness (QED) is 0.487. The minimum Gasteiger partial charge on any atom is -0.375 e. The number of hydrogen-bond acceptors (Lipinski definition) is 4. The Balaban J connectivity index is 2.77. The average Bonchev–Trinajstić information content (AvgIpc) is 2.70. The summed E-state index contributed by atoms with van der Waals surface area (Å²) in [6.45, 7) is 0. The van der Waals surface area contributed by atoms with E-state index in [9.17, 15) is 14.2 Å². The van der Waals surface area contributed by atoms with Crippen LogP contribution in [0.1, 0.15) is 11.5 Å². The molecule has 0 saturated heterocycles. The summed E-state index contributed by atoms with van der Waals surface area (Å²) in [5.74, 6) is -2.24. The zero-order valence-electron chi connectivity index (χ0n) is 9.53. The van der Waals surface area contributed by atoms with Crippen molar-refractivity contribution in [2.24, 2.45) is 0 Å². The van der Waals surface area contributed by atoms with Gasteiger partial charge in [0.15, 0.2) is 11.3 Å². The molecule has 12 heteroatoms. The van der Waals surface area contributed by atoms with Crippen molar-refractivity contribution in [1.82, 2.24) is 9.38 Å². The van der Waals surface area contributed by atoms with Gasteiger partial charge in [0.25, 0.3) is 0 Å². The van der Waals surface area contributed by atoms with Gasteiger partial charge in [0.2, 0.25) is 0 Å². The summed E-state index contributed by atoms with van der Waals surface area (Å²) < 4.78 is 23.2. The standard InChI is InChI=1S/C8H9ClN2O7P2/c9-4-1-2-5-10-6(19(13,14)15)3-11(5)7(4)8(12)20(16,17)18/h1-3,8,12H,(H2,13,14,15)(H2,16,17,18). The third-order valence-electron chi connectivity index (χ3n) is 2.47. The molecule has 1 atom stereocenters. The number of imidazole rings is 1. The summed E-state index contributed by atoms with van der Waals surface area (Å²) in [4.78, 5) is 39.7. The third-order valence-corrected chi connectivity index (χ3v) is 4.48. The van der Waals surface area contributed by atoms with E-state index in [-0.39, 0.29) is 10.7 Å². The predicted molar refractivity (Wildman–Crippen MR) is 68.9 cm³/mol. The summed E-state index contributed by atoms with van der Waals surface area (Å²) in [6.07, 6.45) is 0.871. The van der Waals surface area contributed by atoms with E-state index in [0.29, 0.717) is 0 Å². The Hall–Kier alpha value is -0.760. The van der Waals surface area contributed by atoms with Gasteiger partial charge < -0.3 is 24.7 Å². The topological polar surface area (TPSA) is 153 Å². The van der Waals surface area contributed by atoms with Crippen molar-refractivity contribution < 1.29 is 33.8 Å². The molecule has 1 unspecified atom stereocenters. The van der Waals surface area contributed by atoms with Gasteiger partial charge in [0, 0.05) is 6.20 Å². The van der Waals surface area contributed by atoms with Gasteiger partial charge in [-0.3, -0.25) is 13.5 Å². The van der Waals surface area contributed by atoms with Crippen LogP contribution in [-0.4, -0.2) is 34.1 Å². The van der Waals surface area contributed by atoms with E-state index < -0.39 is 32.2 Å². The van der Waals surface area contributed by atoms with Crippen LogP contribution >= 0.6 is 26.8 Å². The van der Waals surface area contributed by atoms with Crippen LogP contribution in [0.15, 0.2) is 18.3 Å². The largest absolute Gasteiger partial charge is 0.376 e. The SMILES string of the molecule is O=P(O)(O)c1cn2c(C(O)P(=O)(O)O)c(Cl)ccc2n1. The molecule has 0 saturated carbocycles. The van der Waals surface area contributed by atoms with Gasteiger partial charge in [-0.05, 0) is 12.1 Å². The smallest absolute Gasteiger partial charge is 0.375 e. The molecule has 0 fully saturated rings. The van der Waals surface area contributed by atoms with Crippen molar-refractivity contribution in [2.75, 3.05) is 0 Å². The van der Waals surface area contributed by atoms with Gasteiger partial charge in [0.05, 0.1) is 10.7 Å². The number of hydrogen-bond donors (Lipinski definition) is 5. The van der Waals surface area contributed by atoms with Crippen LogP contribution < -0.4 is 5.44 Å². The summed E-state index contributed by atoms with van der Waals surface area (Å²) in [5.41, 5.74) is -1.01. The Morgan fingerprint density at radius 3 is 2.30 bits per heavy atom. The maximum absolute atomic E-state index is 11.1. The van der Waals surface area contributed by atoms with Crippen molar-refractivity contribution >= 4 is 37.9 Å². The molecule has 0 aliphatic carbocycles. The van der Waals surface area contributed by atoms with E-state index in [4.69, 9.17) is 31.2 Å². The molecule has 0 spiro atoms. The summed E-state index contributed by atoms with van der Waals surface area (Å²) in [5, 5.41) is 9.48. The molecule has 2 aromatic rings. The van der Waals surface area contributed by atoms with E-state index in [1.807, 2.05) is 0 Å². The lowest BCUT2D eigenvalue weighted by Gasteiger charge is -2.15. The molecule has 0 amide bonds. The van der Waals surface area contributed by atoms with Crippen LogP contribution in [-0.2, 0) is 9.13 Å². The molecule has 2 heterocycles. The van der Waals surface area contributed by atoms with Crippen molar-refractivity contribution in [3.8, 4) is 0 Å². The van der Waals surface area contributed by atoms with Gasteiger partial charge in [0.1, 0.15) is 5.65 Å². The first-order chi connectivity index (χ1) is 9.01. The lowest BCUT2D eigenvalue weighted by atomic mass is 10.3. The van der Waals surface area contributed by atoms with Crippen molar-refractivity contribution in [3.05, 3.63) is 29.0 Å². The molecule has 2 rings (SSSR count). The Morgan fingerprint density at radius 2 is 1.80 bits per heavy atom. The molecule has 5 N–H and O–H groups in total. The zero-order chi connectivity index (χ0) is 15.3. The fourth-order valence-corrected chi connectivity index (χ4v) is 3.00. The number of aliphatic hydroxyl groups excluding tert-OH is 1. The summed E-state index contributed by atoms with van der Waals surface area (Å²) in [6, 6.07) is 2.50. The number of nitrogens with zero attached hydrogens (tertiary/aromatic N) is 2. The van der Waals surface area contributed by atoms with E-state index >= 15 is 0 Å². The van der Waals surface area contributed by atoms with Crippen LogP contribution in [0.4, 0.5) is 0 Å². The number of fused-ring (bicyclic) bond motifs is 1. The Kier molecular flexibility index (Phi) is 3.83. The lowest BCUT2D eigenvalue weighted by Crippen LogP contribution is -2.06. The van der Waals surface area contributed by atoms with Crippen molar-refractivity contribution in [1.29, 1.82) is 0 Å². The lowest BCUT2D eigenvalue weighted by molar-refractivity contribution is 0.201. The van der Waals surface area contributed by atoms with Crippen LogP contribution in [0.5, 0.6) is 0 Å². The second-order valence-electron chi connectivity index (χ2n) is 3.90. The Bertz CT molecular complexity index is 764. The normalized spacial score (nSPS) is 14.7. The molecule has 0 aliphatic rings. The molecule has 20 heavy (non-hydrogen) atoms. The Labute approximate surface area is 116 Å². The molecule has 0 aliphatic heterocycles. The van der Waals surface area contributed by atoms with Crippen molar-refractivity contribution in [2.45, 2.75) is 5.85 Å². The van der Waals surface area contributed by atoms with Gasteiger partial charge in [-0.15, -0.1) is 0 Å². The van der Waals surface area contributed by atoms with Crippen molar-refractivity contribution in [3.63, 3.8) is 0 Å². The number of pyridine rings is 1. The maximum Gasteiger partial charge on any atom is 0.376 e. The predicted octanol–water partition coefficient (Wildman–Crippen LogP) is -0.0407. The minimum absolute atomic E-state index is 0.0183. The number of aromatic nitrogens is 2. The highest BCUT2D eigenvalue weighted by atomic mass is 35.5. The highest BCUT2D eigenvalue weighted by Gasteiger charge is 2.33. The molecule has 0 radical (unpaired) electrons. The zero-order valence-corrected chi connectivity index (χ0v) is 12.1.